The number of carbonyl (C=O) groups excluding carboxylic acids is 1. The first kappa shape index (κ1) is 12.7. The zero-order valence-corrected chi connectivity index (χ0v) is 10.3. The Labute approximate surface area is 95.7 Å². The summed E-state index contributed by atoms with van der Waals surface area (Å²) in [6, 6.07) is 6.48. The molecule has 0 spiro atoms. The zero-order valence-electron chi connectivity index (χ0n) is 9.52. The van der Waals surface area contributed by atoms with Gasteiger partial charge in [-0.25, -0.2) is 8.42 Å². The van der Waals surface area contributed by atoms with Crippen LogP contribution >= 0.6 is 0 Å². The third-order valence-electron chi connectivity index (χ3n) is 2.14. The Morgan fingerprint density at radius 1 is 1.19 bits per heavy atom. The molecule has 0 aromatic heterocycles. The summed E-state index contributed by atoms with van der Waals surface area (Å²) in [6.07, 6.45) is 0.626. The summed E-state index contributed by atoms with van der Waals surface area (Å²) in [7, 11) is -3.49. The predicted octanol–water partition coefficient (Wildman–Crippen LogP) is 2.04. The highest BCUT2D eigenvalue weighted by Crippen LogP contribution is 2.21. The highest BCUT2D eigenvalue weighted by molar-refractivity contribution is 7.94. The summed E-state index contributed by atoms with van der Waals surface area (Å²) in [4.78, 5) is 10.7. The lowest BCUT2D eigenvalue weighted by atomic mass is 10.2. The number of aldehydes is 1. The largest absolute Gasteiger partial charge is 0.298 e. The molecule has 0 aliphatic carbocycles. The van der Waals surface area contributed by atoms with E-state index in [1.54, 1.807) is 45.0 Å². The minimum Gasteiger partial charge on any atom is -0.298 e. The quantitative estimate of drug-likeness (QED) is 0.824. The molecule has 0 saturated carbocycles. The van der Waals surface area contributed by atoms with Gasteiger partial charge in [0.1, 0.15) is 0 Å². The van der Waals surface area contributed by atoms with Gasteiger partial charge in [0.05, 0.1) is 10.4 Å². The first-order chi connectivity index (χ1) is 7.28. The smallest absolute Gasteiger partial charge is 0.237 e. The van der Waals surface area contributed by atoms with Crippen molar-refractivity contribution in [1.29, 1.82) is 0 Å². The van der Waals surface area contributed by atoms with E-state index >= 15 is 0 Å². The second-order valence-electron chi connectivity index (χ2n) is 4.42. The van der Waals surface area contributed by atoms with Crippen molar-refractivity contribution in [1.82, 2.24) is 0 Å². The van der Waals surface area contributed by atoms with Crippen LogP contribution in [0.25, 0.3) is 0 Å². The molecule has 0 saturated heterocycles. The van der Waals surface area contributed by atoms with Gasteiger partial charge in [-0.2, -0.15) is 0 Å². The second kappa shape index (κ2) is 4.25. The number of sulfonamides is 1. The number of benzene rings is 1. The first-order valence-corrected chi connectivity index (χ1v) is 6.33. The molecule has 0 unspecified atom stereocenters. The van der Waals surface area contributed by atoms with E-state index in [1.807, 2.05) is 0 Å². The summed E-state index contributed by atoms with van der Waals surface area (Å²) in [5.74, 6) is 0. The lowest BCUT2D eigenvalue weighted by molar-refractivity contribution is 0.112. The molecule has 1 rings (SSSR count). The average Bonchev–Trinajstić information content (AvgIpc) is 2.16. The molecule has 0 aliphatic rings. The lowest BCUT2D eigenvalue weighted by Gasteiger charge is -2.20. The maximum absolute atomic E-state index is 11.9. The number of anilines is 1. The van der Waals surface area contributed by atoms with E-state index in [4.69, 9.17) is 0 Å². The van der Waals surface area contributed by atoms with Crippen LogP contribution in [0.15, 0.2) is 24.3 Å². The van der Waals surface area contributed by atoms with Gasteiger partial charge >= 0.3 is 0 Å². The molecule has 0 amide bonds. The molecule has 0 bridgehead atoms. The van der Waals surface area contributed by atoms with Crippen LogP contribution in [0.5, 0.6) is 0 Å². The van der Waals surface area contributed by atoms with Crippen molar-refractivity contribution in [3.63, 3.8) is 0 Å². The molecule has 0 heterocycles. The molecule has 0 atom stereocenters. The molecule has 0 radical (unpaired) electrons. The monoisotopic (exact) mass is 241 g/mol. The molecule has 1 aromatic rings. The van der Waals surface area contributed by atoms with Gasteiger partial charge in [-0.15, -0.1) is 0 Å². The maximum Gasteiger partial charge on any atom is 0.237 e. The number of nitrogens with one attached hydrogen (secondary N) is 1. The topological polar surface area (TPSA) is 63.2 Å². The average molecular weight is 241 g/mol. The number of hydrogen-bond acceptors (Lipinski definition) is 3. The molecule has 0 fully saturated rings. The fourth-order valence-electron chi connectivity index (χ4n) is 0.991. The van der Waals surface area contributed by atoms with E-state index < -0.39 is 14.8 Å². The van der Waals surface area contributed by atoms with Crippen LogP contribution in [0.1, 0.15) is 31.1 Å². The number of rotatable bonds is 3. The SMILES string of the molecule is CC(C)(C)S(=O)(=O)Nc1ccccc1C=O. The van der Waals surface area contributed by atoms with Gasteiger partial charge in [0.2, 0.25) is 10.0 Å². The second-order valence-corrected chi connectivity index (χ2v) is 6.86. The van der Waals surface area contributed by atoms with Crippen molar-refractivity contribution in [2.24, 2.45) is 0 Å². The van der Waals surface area contributed by atoms with Crippen molar-refractivity contribution in [3.05, 3.63) is 29.8 Å². The van der Waals surface area contributed by atoms with Gasteiger partial charge in [-0.3, -0.25) is 9.52 Å². The lowest BCUT2D eigenvalue weighted by Crippen LogP contribution is -2.33. The van der Waals surface area contributed by atoms with Crippen molar-refractivity contribution in [2.75, 3.05) is 4.72 Å². The molecule has 1 aromatic carbocycles. The predicted molar refractivity (Wildman–Crippen MR) is 64.1 cm³/mol. The molecular weight excluding hydrogens is 226 g/mol. The van der Waals surface area contributed by atoms with E-state index in [0.29, 0.717) is 17.5 Å². The van der Waals surface area contributed by atoms with Gasteiger partial charge in [-0.1, -0.05) is 12.1 Å². The van der Waals surface area contributed by atoms with Crippen LogP contribution in [0.3, 0.4) is 0 Å². The molecule has 0 aliphatic heterocycles. The molecule has 5 heteroatoms. The molecule has 16 heavy (non-hydrogen) atoms. The molecule has 1 N–H and O–H groups in total. The third kappa shape index (κ3) is 2.61. The van der Waals surface area contributed by atoms with Crippen molar-refractivity contribution >= 4 is 22.0 Å². The number of carbonyl (C=O) groups is 1. The summed E-state index contributed by atoms with van der Waals surface area (Å²) >= 11 is 0. The van der Waals surface area contributed by atoms with E-state index in [-0.39, 0.29) is 0 Å². The Morgan fingerprint density at radius 3 is 2.25 bits per heavy atom. The van der Waals surface area contributed by atoms with Crippen molar-refractivity contribution in [2.45, 2.75) is 25.5 Å². The van der Waals surface area contributed by atoms with Crippen LogP contribution in [-0.4, -0.2) is 19.5 Å². The van der Waals surface area contributed by atoms with Crippen LogP contribution in [0.2, 0.25) is 0 Å². The Balaban J connectivity index is 3.11. The summed E-state index contributed by atoms with van der Waals surface area (Å²) < 4.78 is 25.2. The molecule has 88 valence electrons. The van der Waals surface area contributed by atoms with Crippen LogP contribution in [0, 0.1) is 0 Å². The Bertz CT molecular complexity index is 486. The zero-order chi connectivity index (χ0) is 12.4. The van der Waals surface area contributed by atoms with Crippen molar-refractivity contribution < 1.29 is 13.2 Å². The minimum atomic E-state index is -3.49. The van der Waals surface area contributed by atoms with Crippen LogP contribution in [-0.2, 0) is 10.0 Å². The van der Waals surface area contributed by atoms with Crippen LogP contribution < -0.4 is 4.72 Å². The van der Waals surface area contributed by atoms with E-state index in [0.717, 1.165) is 0 Å². The van der Waals surface area contributed by atoms with Crippen molar-refractivity contribution in [3.8, 4) is 0 Å². The summed E-state index contributed by atoms with van der Waals surface area (Å²) in [6.45, 7) is 4.79. The minimum absolute atomic E-state index is 0.312. The fourth-order valence-corrected chi connectivity index (χ4v) is 1.77. The Hall–Kier alpha value is -1.36. The third-order valence-corrected chi connectivity index (χ3v) is 4.24. The van der Waals surface area contributed by atoms with Gasteiger partial charge in [-0.05, 0) is 32.9 Å². The van der Waals surface area contributed by atoms with Gasteiger partial charge in [0.25, 0.3) is 0 Å². The number of para-hydroxylation sites is 1. The Morgan fingerprint density at radius 2 is 1.75 bits per heavy atom. The van der Waals surface area contributed by atoms with Gasteiger partial charge in [0.15, 0.2) is 6.29 Å². The molecular formula is C11H15NO3S. The Kier molecular flexibility index (Phi) is 3.38. The van der Waals surface area contributed by atoms with E-state index in [9.17, 15) is 13.2 Å². The standard InChI is InChI=1S/C11H15NO3S/c1-11(2,3)16(14,15)12-10-7-5-4-6-9(10)8-13/h4-8,12H,1-3H3. The maximum atomic E-state index is 11.9. The van der Waals surface area contributed by atoms with E-state index in [2.05, 4.69) is 4.72 Å². The first-order valence-electron chi connectivity index (χ1n) is 4.84. The highest BCUT2D eigenvalue weighted by atomic mass is 32.2. The van der Waals surface area contributed by atoms with Gasteiger partial charge in [0, 0.05) is 5.56 Å². The van der Waals surface area contributed by atoms with Gasteiger partial charge < -0.3 is 0 Å². The number of hydrogen-bond donors (Lipinski definition) is 1. The fraction of sp³-hybridized carbons (Fsp3) is 0.364. The summed E-state index contributed by atoms with van der Waals surface area (Å²) in [5, 5.41) is 0. The highest BCUT2D eigenvalue weighted by Gasteiger charge is 2.29. The normalized spacial score (nSPS) is 12.2. The molecule has 4 nitrogen and oxygen atoms in total. The van der Waals surface area contributed by atoms with E-state index in [1.165, 1.54) is 0 Å². The summed E-state index contributed by atoms with van der Waals surface area (Å²) in [5.41, 5.74) is 0.641. The van der Waals surface area contributed by atoms with Crippen LogP contribution in [0.4, 0.5) is 5.69 Å².